The van der Waals surface area contributed by atoms with Crippen molar-refractivity contribution < 1.29 is 19.1 Å². The van der Waals surface area contributed by atoms with E-state index in [4.69, 9.17) is 21.1 Å². The van der Waals surface area contributed by atoms with Crippen molar-refractivity contribution in [1.29, 1.82) is 5.26 Å². The predicted octanol–water partition coefficient (Wildman–Crippen LogP) is 6.03. The molecule has 0 aliphatic carbocycles. The Kier molecular flexibility index (Phi) is 7.76. The Hall–Kier alpha value is -4.34. The maximum atomic E-state index is 13.4. The second-order valence-electron chi connectivity index (χ2n) is 8.68. The Bertz CT molecular complexity index is 1450. The largest absolute Gasteiger partial charge is 0.493 e. The fraction of sp³-hybridized carbons (Fsp3) is 0.167. The molecule has 7 heteroatoms. The van der Waals surface area contributed by atoms with Crippen LogP contribution in [0.5, 0.6) is 11.5 Å². The van der Waals surface area contributed by atoms with Crippen molar-refractivity contribution >= 4 is 29.5 Å². The first-order valence-electron chi connectivity index (χ1n) is 11.6. The van der Waals surface area contributed by atoms with Crippen molar-refractivity contribution in [1.82, 2.24) is 4.90 Å². The number of amides is 2. The number of nitrogens with zero attached hydrogens (tertiary/aromatic N) is 2. The number of carbonyl (C=O) groups is 2. The van der Waals surface area contributed by atoms with E-state index in [1.165, 1.54) is 7.11 Å². The summed E-state index contributed by atoms with van der Waals surface area (Å²) < 4.78 is 11.4. The Morgan fingerprint density at radius 2 is 1.59 bits per heavy atom. The molecule has 0 aromatic heterocycles. The molecule has 0 bridgehead atoms. The number of hydrogen-bond donors (Lipinski definition) is 0. The summed E-state index contributed by atoms with van der Waals surface area (Å²) in [5.74, 6) is -0.0209. The molecule has 37 heavy (non-hydrogen) atoms. The lowest BCUT2D eigenvalue weighted by Crippen LogP contribution is -2.42. The number of benzene rings is 3. The number of nitriles is 1. The minimum atomic E-state index is -0.591. The first kappa shape index (κ1) is 25.7. The van der Waals surface area contributed by atoms with Crippen molar-refractivity contribution in [2.45, 2.75) is 27.0 Å². The lowest BCUT2D eigenvalue weighted by atomic mass is 9.93. The second kappa shape index (κ2) is 11.2. The second-order valence-corrected chi connectivity index (χ2v) is 9.11. The fourth-order valence-corrected chi connectivity index (χ4v) is 4.08. The van der Waals surface area contributed by atoms with Gasteiger partial charge in [-0.1, -0.05) is 59.6 Å². The van der Waals surface area contributed by atoms with Crippen LogP contribution in [0.25, 0.3) is 6.08 Å². The highest BCUT2D eigenvalue weighted by Gasteiger charge is 2.35. The zero-order chi connectivity index (χ0) is 26.5. The third kappa shape index (κ3) is 5.74. The average molecular weight is 513 g/mol. The molecular formula is C30H25ClN2O4. The lowest BCUT2D eigenvalue weighted by Gasteiger charge is -2.27. The van der Waals surface area contributed by atoms with E-state index >= 15 is 0 Å². The molecule has 1 aliphatic heterocycles. The first-order chi connectivity index (χ1) is 17.8. The highest BCUT2D eigenvalue weighted by Crippen LogP contribution is 2.32. The fourth-order valence-electron chi connectivity index (χ4n) is 3.95. The molecule has 6 nitrogen and oxygen atoms in total. The number of carbonyl (C=O) groups excluding carboxylic acids is 2. The standard InChI is InChI=1S/C30H25ClN2O4/c1-19-4-6-21(7-5-19)17-33-29(34)25(20(2)26(16-32)30(33)35)14-23-10-13-27(28(15-23)36-3)37-18-22-8-11-24(31)12-9-22/h4-15H,17-18H2,1-3H3/b25-14+. The van der Waals surface area contributed by atoms with Crippen LogP contribution >= 0.6 is 11.6 Å². The summed E-state index contributed by atoms with van der Waals surface area (Å²) in [6.45, 7) is 3.98. The van der Waals surface area contributed by atoms with Gasteiger partial charge >= 0.3 is 0 Å². The number of hydrogen-bond acceptors (Lipinski definition) is 5. The quantitative estimate of drug-likeness (QED) is 0.285. The lowest BCUT2D eigenvalue weighted by molar-refractivity contribution is -0.141. The average Bonchev–Trinajstić information content (AvgIpc) is 2.90. The molecular weight excluding hydrogens is 488 g/mol. The van der Waals surface area contributed by atoms with Gasteiger partial charge in [-0.2, -0.15) is 5.26 Å². The molecule has 0 spiro atoms. The van der Waals surface area contributed by atoms with E-state index in [0.717, 1.165) is 21.6 Å². The van der Waals surface area contributed by atoms with E-state index in [-0.39, 0.29) is 17.7 Å². The van der Waals surface area contributed by atoms with Gasteiger partial charge in [-0.3, -0.25) is 14.5 Å². The number of rotatable bonds is 7. The van der Waals surface area contributed by atoms with Crippen LogP contribution in [0.2, 0.25) is 5.02 Å². The van der Waals surface area contributed by atoms with Crippen LogP contribution in [0.1, 0.15) is 29.2 Å². The molecule has 186 valence electrons. The SMILES string of the molecule is COc1cc(/C=C2/C(=O)N(Cc3ccc(C)cc3)C(=O)C(C#N)=C2C)ccc1OCc1ccc(Cl)cc1. The Balaban J connectivity index is 1.62. The molecule has 1 aliphatic rings. The Morgan fingerprint density at radius 1 is 0.919 bits per heavy atom. The van der Waals surface area contributed by atoms with Crippen LogP contribution in [-0.4, -0.2) is 23.8 Å². The summed E-state index contributed by atoms with van der Waals surface area (Å²) in [6, 6.07) is 22.2. The van der Waals surface area contributed by atoms with E-state index in [2.05, 4.69) is 0 Å². The summed E-state index contributed by atoms with van der Waals surface area (Å²) in [6.07, 6.45) is 1.66. The highest BCUT2D eigenvalue weighted by atomic mass is 35.5. The molecule has 0 saturated carbocycles. The molecule has 3 aromatic carbocycles. The van der Waals surface area contributed by atoms with Gasteiger partial charge < -0.3 is 9.47 Å². The number of imide groups is 1. The zero-order valence-corrected chi connectivity index (χ0v) is 21.5. The van der Waals surface area contributed by atoms with Crippen molar-refractivity contribution in [2.75, 3.05) is 7.11 Å². The van der Waals surface area contributed by atoms with E-state index in [1.807, 2.05) is 49.4 Å². The predicted molar refractivity (Wildman–Crippen MR) is 142 cm³/mol. The number of methoxy groups -OCH3 is 1. The summed E-state index contributed by atoms with van der Waals surface area (Å²) >= 11 is 5.94. The van der Waals surface area contributed by atoms with Crippen LogP contribution in [-0.2, 0) is 22.7 Å². The van der Waals surface area contributed by atoms with Gasteiger partial charge in [-0.15, -0.1) is 0 Å². The van der Waals surface area contributed by atoms with Crippen LogP contribution in [0.3, 0.4) is 0 Å². The molecule has 0 unspecified atom stereocenters. The summed E-state index contributed by atoms with van der Waals surface area (Å²) in [7, 11) is 1.54. The molecule has 0 atom stereocenters. The minimum Gasteiger partial charge on any atom is -0.493 e. The highest BCUT2D eigenvalue weighted by molar-refractivity contribution is 6.30. The van der Waals surface area contributed by atoms with Crippen LogP contribution in [0.4, 0.5) is 0 Å². The van der Waals surface area contributed by atoms with Gasteiger partial charge in [-0.25, -0.2) is 0 Å². The molecule has 0 fully saturated rings. The first-order valence-corrected chi connectivity index (χ1v) is 12.0. The maximum absolute atomic E-state index is 13.4. The molecule has 0 saturated heterocycles. The smallest absolute Gasteiger partial charge is 0.271 e. The third-order valence-corrected chi connectivity index (χ3v) is 6.34. The van der Waals surface area contributed by atoms with Crippen molar-refractivity contribution in [3.63, 3.8) is 0 Å². The summed E-state index contributed by atoms with van der Waals surface area (Å²) in [5, 5.41) is 10.3. The molecule has 3 aromatic rings. The van der Waals surface area contributed by atoms with E-state index < -0.39 is 11.8 Å². The number of aryl methyl sites for hydroxylation is 1. The third-order valence-electron chi connectivity index (χ3n) is 6.09. The van der Waals surface area contributed by atoms with Crippen molar-refractivity contribution in [3.05, 3.63) is 111 Å². The molecule has 2 amide bonds. The van der Waals surface area contributed by atoms with Crippen LogP contribution in [0.15, 0.2) is 83.4 Å². The minimum absolute atomic E-state index is 0.0483. The summed E-state index contributed by atoms with van der Waals surface area (Å²) in [5.41, 5.74) is 4.07. The molecule has 0 N–H and O–H groups in total. The van der Waals surface area contributed by atoms with Gasteiger partial charge in [0.05, 0.1) is 13.7 Å². The number of ether oxygens (including phenoxy) is 2. The number of halogens is 1. The zero-order valence-electron chi connectivity index (χ0n) is 20.7. The Morgan fingerprint density at radius 3 is 2.24 bits per heavy atom. The molecule has 0 radical (unpaired) electrons. The van der Waals surface area contributed by atoms with Gasteiger partial charge in [0.15, 0.2) is 11.5 Å². The van der Waals surface area contributed by atoms with Gasteiger partial charge in [0, 0.05) is 10.6 Å². The van der Waals surface area contributed by atoms with Crippen LogP contribution < -0.4 is 9.47 Å². The van der Waals surface area contributed by atoms with E-state index in [0.29, 0.717) is 34.3 Å². The molecule has 4 rings (SSSR count). The van der Waals surface area contributed by atoms with Gasteiger partial charge in [0.2, 0.25) is 0 Å². The summed E-state index contributed by atoms with van der Waals surface area (Å²) in [4.78, 5) is 27.5. The van der Waals surface area contributed by atoms with Crippen LogP contribution in [0, 0.1) is 18.3 Å². The van der Waals surface area contributed by atoms with Crippen molar-refractivity contribution in [2.24, 2.45) is 0 Å². The molecule has 1 heterocycles. The van der Waals surface area contributed by atoms with E-state index in [9.17, 15) is 14.9 Å². The topological polar surface area (TPSA) is 79.6 Å². The Labute approximate surface area is 221 Å². The normalized spacial score (nSPS) is 14.7. The van der Waals surface area contributed by atoms with Gasteiger partial charge in [0.1, 0.15) is 18.2 Å². The van der Waals surface area contributed by atoms with Crippen molar-refractivity contribution in [3.8, 4) is 17.6 Å². The van der Waals surface area contributed by atoms with Gasteiger partial charge in [-0.05, 0) is 66.5 Å². The van der Waals surface area contributed by atoms with E-state index in [1.54, 1.807) is 43.3 Å². The monoisotopic (exact) mass is 512 g/mol. The van der Waals surface area contributed by atoms with Gasteiger partial charge in [0.25, 0.3) is 11.8 Å². The maximum Gasteiger partial charge on any atom is 0.271 e.